The fraction of sp³-hybridized carbons (Fsp3) is 0.455. The first-order chi connectivity index (χ1) is 8.09. The lowest BCUT2D eigenvalue weighted by atomic mass is 10.1. The normalized spacial score (nSPS) is 17.4. The third kappa shape index (κ3) is 2.53. The van der Waals surface area contributed by atoms with Gasteiger partial charge in [-0.3, -0.25) is 4.90 Å². The Labute approximate surface area is 96.9 Å². The highest BCUT2D eigenvalue weighted by atomic mass is 19.2. The minimum Gasteiger partial charge on any atom is -0.505 e. The van der Waals surface area contributed by atoms with Gasteiger partial charge < -0.3 is 10.4 Å². The van der Waals surface area contributed by atoms with Crippen LogP contribution in [0.5, 0.6) is 5.75 Å². The van der Waals surface area contributed by atoms with Gasteiger partial charge in [-0.05, 0) is 6.07 Å². The molecular formula is C11H13F3N2O. The van der Waals surface area contributed by atoms with E-state index in [1.54, 1.807) is 0 Å². The standard InChI is InChI=1S/C11H13F3N2O/c12-8-5-7(11(17)10(14)9(8)13)6-16-3-1-15-2-4-16/h5,15,17H,1-4,6H2. The van der Waals surface area contributed by atoms with E-state index in [1.165, 1.54) is 0 Å². The van der Waals surface area contributed by atoms with Crippen molar-refractivity contribution in [2.75, 3.05) is 26.2 Å². The molecule has 2 N–H and O–H groups in total. The summed E-state index contributed by atoms with van der Waals surface area (Å²) in [5, 5.41) is 12.5. The Morgan fingerprint density at radius 1 is 1.18 bits per heavy atom. The van der Waals surface area contributed by atoms with Crippen LogP contribution in [0.2, 0.25) is 0 Å². The number of hydrogen-bond donors (Lipinski definition) is 2. The Morgan fingerprint density at radius 3 is 2.47 bits per heavy atom. The summed E-state index contributed by atoms with van der Waals surface area (Å²) in [6.45, 7) is 3.22. The zero-order valence-electron chi connectivity index (χ0n) is 9.14. The van der Waals surface area contributed by atoms with Crippen molar-refractivity contribution in [1.82, 2.24) is 10.2 Å². The summed E-state index contributed by atoms with van der Waals surface area (Å²) in [7, 11) is 0. The van der Waals surface area contributed by atoms with Gasteiger partial charge >= 0.3 is 0 Å². The Morgan fingerprint density at radius 2 is 1.82 bits per heavy atom. The van der Waals surface area contributed by atoms with Crippen molar-refractivity contribution < 1.29 is 18.3 Å². The molecule has 1 aromatic rings. The van der Waals surface area contributed by atoms with Crippen LogP contribution < -0.4 is 5.32 Å². The SMILES string of the molecule is Oc1c(CN2CCNCC2)cc(F)c(F)c1F. The summed E-state index contributed by atoms with van der Waals surface area (Å²) in [4.78, 5) is 1.93. The van der Waals surface area contributed by atoms with Crippen LogP contribution in [0.4, 0.5) is 13.2 Å². The van der Waals surface area contributed by atoms with E-state index in [9.17, 15) is 18.3 Å². The van der Waals surface area contributed by atoms with Gasteiger partial charge in [-0.15, -0.1) is 0 Å². The molecule has 0 aromatic heterocycles. The summed E-state index contributed by atoms with van der Waals surface area (Å²) >= 11 is 0. The molecule has 0 radical (unpaired) electrons. The van der Waals surface area contributed by atoms with Gasteiger partial charge in [0, 0.05) is 38.3 Å². The molecule has 0 aliphatic carbocycles. The van der Waals surface area contributed by atoms with E-state index in [1.807, 2.05) is 4.90 Å². The van der Waals surface area contributed by atoms with Crippen molar-refractivity contribution in [3.8, 4) is 5.75 Å². The van der Waals surface area contributed by atoms with Crippen molar-refractivity contribution in [3.63, 3.8) is 0 Å². The number of halogens is 3. The zero-order chi connectivity index (χ0) is 12.4. The number of aromatic hydroxyl groups is 1. The fourth-order valence-corrected chi connectivity index (χ4v) is 1.87. The number of benzene rings is 1. The third-order valence-electron chi connectivity index (χ3n) is 2.82. The van der Waals surface area contributed by atoms with E-state index >= 15 is 0 Å². The van der Waals surface area contributed by atoms with Crippen molar-refractivity contribution in [1.29, 1.82) is 0 Å². The highest BCUT2D eigenvalue weighted by Crippen LogP contribution is 2.27. The summed E-state index contributed by atoms with van der Waals surface area (Å²) in [6, 6.07) is 0.843. The second kappa shape index (κ2) is 4.93. The minimum atomic E-state index is -1.63. The molecular weight excluding hydrogens is 233 g/mol. The molecule has 1 aromatic carbocycles. The van der Waals surface area contributed by atoms with E-state index in [-0.39, 0.29) is 12.1 Å². The maximum Gasteiger partial charge on any atom is 0.203 e. The number of nitrogens with zero attached hydrogens (tertiary/aromatic N) is 1. The Kier molecular flexibility index (Phi) is 3.54. The van der Waals surface area contributed by atoms with Crippen molar-refractivity contribution in [3.05, 3.63) is 29.1 Å². The molecule has 3 nitrogen and oxygen atoms in total. The lowest BCUT2D eigenvalue weighted by Gasteiger charge is -2.27. The van der Waals surface area contributed by atoms with Gasteiger partial charge in [0.1, 0.15) is 0 Å². The second-order valence-electron chi connectivity index (χ2n) is 4.02. The predicted molar refractivity (Wildman–Crippen MR) is 56.1 cm³/mol. The minimum absolute atomic E-state index is 0.0725. The molecule has 1 aliphatic rings. The highest BCUT2D eigenvalue weighted by Gasteiger charge is 2.20. The van der Waals surface area contributed by atoms with Crippen LogP contribution in [0.1, 0.15) is 5.56 Å². The Bertz CT molecular complexity index is 420. The molecule has 6 heteroatoms. The Balaban J connectivity index is 2.20. The van der Waals surface area contributed by atoms with Gasteiger partial charge in [-0.1, -0.05) is 0 Å². The predicted octanol–water partition coefficient (Wildman–Crippen LogP) is 1.21. The number of nitrogens with one attached hydrogen (secondary N) is 1. The van der Waals surface area contributed by atoms with Gasteiger partial charge in [0.15, 0.2) is 17.4 Å². The topological polar surface area (TPSA) is 35.5 Å². The van der Waals surface area contributed by atoms with Gasteiger partial charge in [-0.25, -0.2) is 8.78 Å². The van der Waals surface area contributed by atoms with Crippen LogP contribution in [-0.4, -0.2) is 36.2 Å². The van der Waals surface area contributed by atoms with Crippen LogP contribution in [0.3, 0.4) is 0 Å². The maximum atomic E-state index is 13.1. The molecule has 94 valence electrons. The lowest BCUT2D eigenvalue weighted by molar-refractivity contribution is 0.228. The largest absolute Gasteiger partial charge is 0.505 e. The van der Waals surface area contributed by atoms with Crippen molar-refractivity contribution >= 4 is 0 Å². The number of phenolic OH excluding ortho intramolecular Hbond substituents is 1. The summed E-state index contributed by atoms with van der Waals surface area (Å²) in [6.07, 6.45) is 0. The third-order valence-corrected chi connectivity index (χ3v) is 2.82. The highest BCUT2D eigenvalue weighted by molar-refractivity contribution is 5.35. The first kappa shape index (κ1) is 12.2. The van der Waals surface area contributed by atoms with Crippen LogP contribution in [-0.2, 0) is 6.54 Å². The monoisotopic (exact) mass is 246 g/mol. The molecule has 2 rings (SSSR count). The number of rotatable bonds is 2. The maximum absolute atomic E-state index is 13.1. The number of phenols is 1. The molecule has 0 saturated carbocycles. The molecule has 0 bridgehead atoms. The van der Waals surface area contributed by atoms with E-state index in [2.05, 4.69) is 5.32 Å². The van der Waals surface area contributed by atoms with Crippen LogP contribution >= 0.6 is 0 Å². The summed E-state index contributed by atoms with van der Waals surface area (Å²) < 4.78 is 38.9. The van der Waals surface area contributed by atoms with Crippen LogP contribution in [0, 0.1) is 17.5 Å². The van der Waals surface area contributed by atoms with Gasteiger partial charge in [0.2, 0.25) is 5.82 Å². The average molecular weight is 246 g/mol. The van der Waals surface area contributed by atoms with Crippen molar-refractivity contribution in [2.24, 2.45) is 0 Å². The quantitative estimate of drug-likeness (QED) is 0.770. The van der Waals surface area contributed by atoms with Gasteiger partial charge in [0.05, 0.1) is 0 Å². The van der Waals surface area contributed by atoms with E-state index in [0.29, 0.717) is 0 Å². The van der Waals surface area contributed by atoms with Gasteiger partial charge in [0.25, 0.3) is 0 Å². The van der Waals surface area contributed by atoms with Crippen LogP contribution in [0.25, 0.3) is 0 Å². The lowest BCUT2D eigenvalue weighted by Crippen LogP contribution is -2.42. The van der Waals surface area contributed by atoms with Crippen LogP contribution in [0.15, 0.2) is 6.07 Å². The van der Waals surface area contributed by atoms with E-state index in [0.717, 1.165) is 32.2 Å². The molecule has 0 atom stereocenters. The Hall–Kier alpha value is -1.27. The second-order valence-corrected chi connectivity index (χ2v) is 4.02. The first-order valence-corrected chi connectivity index (χ1v) is 5.38. The fourth-order valence-electron chi connectivity index (χ4n) is 1.87. The molecule has 1 fully saturated rings. The summed E-state index contributed by atoms with van der Waals surface area (Å²) in [5.74, 6) is -5.23. The first-order valence-electron chi connectivity index (χ1n) is 5.38. The molecule has 1 saturated heterocycles. The van der Waals surface area contributed by atoms with Gasteiger partial charge in [-0.2, -0.15) is 4.39 Å². The molecule has 1 aliphatic heterocycles. The molecule has 0 amide bonds. The van der Waals surface area contributed by atoms with E-state index in [4.69, 9.17) is 0 Å². The molecule has 17 heavy (non-hydrogen) atoms. The smallest absolute Gasteiger partial charge is 0.203 e. The molecule has 0 spiro atoms. The van der Waals surface area contributed by atoms with Crippen molar-refractivity contribution in [2.45, 2.75) is 6.54 Å². The number of piperazine rings is 1. The number of hydrogen-bond acceptors (Lipinski definition) is 3. The average Bonchev–Trinajstić information content (AvgIpc) is 2.35. The van der Waals surface area contributed by atoms with E-state index < -0.39 is 23.2 Å². The summed E-state index contributed by atoms with van der Waals surface area (Å²) in [5.41, 5.74) is 0.0725. The molecule has 1 heterocycles. The zero-order valence-corrected chi connectivity index (χ0v) is 9.14. The molecule has 0 unspecified atom stereocenters.